The molecule has 0 amide bonds. The fourth-order valence-electron chi connectivity index (χ4n) is 2.54. The summed E-state index contributed by atoms with van der Waals surface area (Å²) in [6.45, 7) is 1.94. The van der Waals surface area contributed by atoms with E-state index < -0.39 is 0 Å². The quantitative estimate of drug-likeness (QED) is 0.847. The number of methoxy groups -OCH3 is 1. The van der Waals surface area contributed by atoms with Gasteiger partial charge in [-0.05, 0) is 31.0 Å². The average molecular weight is 315 g/mol. The van der Waals surface area contributed by atoms with Crippen molar-refractivity contribution in [3.8, 4) is 5.75 Å². The lowest BCUT2D eigenvalue weighted by atomic mass is 9.67. The lowest BCUT2D eigenvalue weighted by molar-refractivity contribution is -0.152. The summed E-state index contributed by atoms with van der Waals surface area (Å²) in [5.74, 6) is 0.976. The second-order valence-electron chi connectivity index (χ2n) is 4.94. The Labute approximate surface area is 114 Å². The fourth-order valence-corrected chi connectivity index (χ4v) is 4.75. The zero-order chi connectivity index (χ0) is 11.9. The Kier molecular flexibility index (Phi) is 3.13. The van der Waals surface area contributed by atoms with Gasteiger partial charge in [0.1, 0.15) is 5.75 Å². The predicted molar refractivity (Wildman–Crippen MR) is 72.8 cm³/mol. The molecule has 1 aromatic carbocycles. The van der Waals surface area contributed by atoms with Gasteiger partial charge >= 0.3 is 0 Å². The molecular weight excluding hydrogens is 300 g/mol. The smallest absolute Gasteiger partial charge is 0.132 e. The highest BCUT2D eigenvalue weighted by atomic mass is 79.9. The minimum atomic E-state index is 0.539. The molecule has 0 N–H and O–H groups in total. The van der Waals surface area contributed by atoms with E-state index in [1.54, 1.807) is 7.11 Å². The lowest BCUT2D eigenvalue weighted by Crippen LogP contribution is -2.53. The molecule has 2 fully saturated rings. The van der Waals surface area contributed by atoms with E-state index >= 15 is 0 Å². The summed E-state index contributed by atoms with van der Waals surface area (Å²) in [7, 11) is 1.73. The molecule has 0 atom stereocenters. The molecule has 3 rings (SSSR count). The van der Waals surface area contributed by atoms with Crippen LogP contribution in [-0.4, -0.2) is 25.6 Å². The summed E-state index contributed by atoms with van der Waals surface area (Å²) in [6, 6.07) is 6.18. The second kappa shape index (κ2) is 4.48. The first-order valence-electron chi connectivity index (χ1n) is 5.79. The van der Waals surface area contributed by atoms with Gasteiger partial charge in [0.2, 0.25) is 0 Å². The molecule has 0 bridgehead atoms. The Morgan fingerprint density at radius 3 is 2.76 bits per heavy atom. The van der Waals surface area contributed by atoms with Crippen molar-refractivity contribution >= 4 is 27.7 Å². The van der Waals surface area contributed by atoms with Gasteiger partial charge in [0.25, 0.3) is 0 Å². The molecular formula is C13H15BrO2S. The molecule has 17 heavy (non-hydrogen) atoms. The van der Waals surface area contributed by atoms with E-state index in [1.165, 1.54) is 17.7 Å². The van der Waals surface area contributed by atoms with E-state index in [0.29, 0.717) is 5.41 Å². The predicted octanol–water partition coefficient (Wildman–Crippen LogP) is 3.73. The minimum absolute atomic E-state index is 0.539. The SMILES string of the molecule is COc1ccc(Br)cc1SC1CC2(COC2)C1. The maximum Gasteiger partial charge on any atom is 0.132 e. The number of hydrogen-bond acceptors (Lipinski definition) is 3. The van der Waals surface area contributed by atoms with Crippen LogP contribution in [-0.2, 0) is 4.74 Å². The first-order chi connectivity index (χ1) is 8.21. The molecule has 0 unspecified atom stereocenters. The van der Waals surface area contributed by atoms with Crippen LogP contribution in [0.15, 0.2) is 27.6 Å². The van der Waals surface area contributed by atoms with Crippen molar-refractivity contribution in [1.29, 1.82) is 0 Å². The van der Waals surface area contributed by atoms with Crippen molar-refractivity contribution in [1.82, 2.24) is 0 Å². The van der Waals surface area contributed by atoms with E-state index in [1.807, 2.05) is 23.9 Å². The Balaban J connectivity index is 1.66. The van der Waals surface area contributed by atoms with Crippen LogP contribution in [0.25, 0.3) is 0 Å². The van der Waals surface area contributed by atoms with Crippen LogP contribution >= 0.6 is 27.7 Å². The van der Waals surface area contributed by atoms with Gasteiger partial charge in [-0.3, -0.25) is 0 Å². The monoisotopic (exact) mass is 314 g/mol. The number of rotatable bonds is 3. The van der Waals surface area contributed by atoms with Crippen LogP contribution in [0.3, 0.4) is 0 Å². The third kappa shape index (κ3) is 2.23. The van der Waals surface area contributed by atoms with Crippen molar-refractivity contribution in [3.05, 3.63) is 22.7 Å². The molecule has 1 aromatic rings. The summed E-state index contributed by atoms with van der Waals surface area (Å²) in [5, 5.41) is 0.724. The molecule has 1 aliphatic carbocycles. The van der Waals surface area contributed by atoms with Gasteiger partial charge in [-0.1, -0.05) is 15.9 Å². The Hall–Kier alpha value is -0.190. The van der Waals surface area contributed by atoms with Crippen LogP contribution in [0.4, 0.5) is 0 Å². The first-order valence-corrected chi connectivity index (χ1v) is 7.46. The van der Waals surface area contributed by atoms with Crippen LogP contribution in [0.1, 0.15) is 12.8 Å². The number of thioether (sulfide) groups is 1. The van der Waals surface area contributed by atoms with E-state index in [9.17, 15) is 0 Å². The van der Waals surface area contributed by atoms with Gasteiger partial charge in [-0.15, -0.1) is 11.8 Å². The van der Waals surface area contributed by atoms with Gasteiger partial charge in [0.05, 0.1) is 25.2 Å². The Morgan fingerprint density at radius 2 is 2.18 bits per heavy atom. The van der Waals surface area contributed by atoms with E-state index in [-0.39, 0.29) is 0 Å². The van der Waals surface area contributed by atoms with Crippen LogP contribution in [0.2, 0.25) is 0 Å². The van der Waals surface area contributed by atoms with Gasteiger partial charge in [0.15, 0.2) is 0 Å². The zero-order valence-corrected chi connectivity index (χ0v) is 12.1. The fraction of sp³-hybridized carbons (Fsp3) is 0.538. The standard InChI is InChI=1S/C13H15BrO2S/c1-15-11-3-2-9(14)4-12(11)17-10-5-13(6-10)7-16-8-13/h2-4,10H,5-8H2,1H3. The summed E-state index contributed by atoms with van der Waals surface area (Å²) in [6.07, 6.45) is 2.57. The van der Waals surface area contributed by atoms with Crippen LogP contribution in [0, 0.1) is 5.41 Å². The van der Waals surface area contributed by atoms with E-state index in [4.69, 9.17) is 9.47 Å². The van der Waals surface area contributed by atoms with Gasteiger partial charge in [-0.2, -0.15) is 0 Å². The second-order valence-corrected chi connectivity index (χ2v) is 7.19. The van der Waals surface area contributed by atoms with Crippen molar-refractivity contribution in [2.75, 3.05) is 20.3 Å². The van der Waals surface area contributed by atoms with Crippen LogP contribution < -0.4 is 4.74 Å². The maximum atomic E-state index is 5.40. The zero-order valence-electron chi connectivity index (χ0n) is 9.74. The Bertz CT molecular complexity index is 423. The normalized spacial score (nSPS) is 22.0. The first kappa shape index (κ1) is 11.9. The molecule has 0 radical (unpaired) electrons. The Morgan fingerprint density at radius 1 is 1.41 bits per heavy atom. The topological polar surface area (TPSA) is 18.5 Å². The average Bonchev–Trinajstić information content (AvgIpc) is 2.20. The molecule has 1 spiro atoms. The molecule has 92 valence electrons. The molecule has 1 saturated carbocycles. The largest absolute Gasteiger partial charge is 0.496 e. The van der Waals surface area contributed by atoms with Crippen molar-refractivity contribution in [2.24, 2.45) is 5.41 Å². The molecule has 1 heterocycles. The number of hydrogen-bond donors (Lipinski definition) is 0. The summed E-state index contributed by atoms with van der Waals surface area (Å²) < 4.78 is 11.8. The van der Waals surface area contributed by atoms with E-state index in [0.717, 1.165) is 28.7 Å². The number of halogens is 1. The lowest BCUT2D eigenvalue weighted by Gasteiger charge is -2.53. The molecule has 4 heteroatoms. The third-order valence-corrected chi connectivity index (χ3v) is 5.29. The van der Waals surface area contributed by atoms with Gasteiger partial charge < -0.3 is 9.47 Å². The molecule has 1 saturated heterocycles. The highest BCUT2D eigenvalue weighted by Crippen LogP contribution is 2.54. The molecule has 2 aliphatic rings. The van der Waals surface area contributed by atoms with E-state index in [2.05, 4.69) is 22.0 Å². The highest BCUT2D eigenvalue weighted by Gasteiger charge is 2.50. The van der Waals surface area contributed by atoms with Crippen molar-refractivity contribution in [3.63, 3.8) is 0 Å². The highest BCUT2D eigenvalue weighted by molar-refractivity contribution is 9.10. The number of benzene rings is 1. The molecule has 1 aliphatic heterocycles. The minimum Gasteiger partial charge on any atom is -0.496 e. The summed E-state index contributed by atoms with van der Waals surface area (Å²) in [5.41, 5.74) is 0.539. The summed E-state index contributed by atoms with van der Waals surface area (Å²) >= 11 is 5.45. The van der Waals surface area contributed by atoms with Gasteiger partial charge in [0, 0.05) is 15.1 Å². The van der Waals surface area contributed by atoms with Crippen molar-refractivity contribution < 1.29 is 9.47 Å². The van der Waals surface area contributed by atoms with Crippen LogP contribution in [0.5, 0.6) is 5.75 Å². The van der Waals surface area contributed by atoms with Crippen molar-refractivity contribution in [2.45, 2.75) is 23.0 Å². The molecule has 0 aromatic heterocycles. The van der Waals surface area contributed by atoms with Gasteiger partial charge in [-0.25, -0.2) is 0 Å². The summed E-state index contributed by atoms with van der Waals surface area (Å²) in [4.78, 5) is 1.24. The molecule has 2 nitrogen and oxygen atoms in total. The third-order valence-electron chi connectivity index (χ3n) is 3.56. The maximum absolute atomic E-state index is 5.40. The number of ether oxygens (including phenoxy) is 2.